The topological polar surface area (TPSA) is 87.3 Å². The molecule has 3 N–H and O–H groups in total. The quantitative estimate of drug-likeness (QED) is 0.723. The van der Waals surface area contributed by atoms with Crippen LogP contribution in [0, 0.1) is 5.92 Å². The highest BCUT2D eigenvalue weighted by Gasteiger charge is 2.21. The molecule has 1 saturated heterocycles. The molecule has 2 aromatic rings. The number of amides is 1. The SMILES string of the molecule is CC(=O)Nc1ccc(S(=O)(=O)NCC2CCCNC2)c2ccccc12.Cl. The highest BCUT2D eigenvalue weighted by atomic mass is 35.5. The molecule has 1 fully saturated rings. The van der Waals surface area contributed by atoms with Gasteiger partial charge in [0, 0.05) is 29.9 Å². The summed E-state index contributed by atoms with van der Waals surface area (Å²) in [5.41, 5.74) is 0.610. The molecule has 0 aromatic heterocycles. The lowest BCUT2D eigenvalue weighted by molar-refractivity contribution is -0.114. The molecule has 1 atom stereocenters. The molecule has 3 rings (SSSR count). The summed E-state index contributed by atoms with van der Waals surface area (Å²) in [6.45, 7) is 3.69. The van der Waals surface area contributed by atoms with Gasteiger partial charge in [-0.25, -0.2) is 13.1 Å². The summed E-state index contributed by atoms with van der Waals surface area (Å²) < 4.78 is 28.3. The molecule has 2 aromatic carbocycles. The van der Waals surface area contributed by atoms with Crippen LogP contribution in [0.2, 0.25) is 0 Å². The van der Waals surface area contributed by atoms with E-state index in [1.165, 1.54) is 6.92 Å². The first-order valence-electron chi connectivity index (χ1n) is 8.47. The minimum absolute atomic E-state index is 0. The maximum Gasteiger partial charge on any atom is 0.241 e. The van der Waals surface area contributed by atoms with Crippen molar-refractivity contribution in [3.05, 3.63) is 36.4 Å². The Labute approximate surface area is 160 Å². The Morgan fingerprint density at radius 2 is 1.92 bits per heavy atom. The van der Waals surface area contributed by atoms with Gasteiger partial charge < -0.3 is 10.6 Å². The molecule has 0 saturated carbocycles. The maximum atomic E-state index is 12.8. The number of nitrogens with one attached hydrogen (secondary N) is 3. The number of carbonyl (C=O) groups is 1. The molecule has 1 amide bonds. The van der Waals surface area contributed by atoms with E-state index >= 15 is 0 Å². The van der Waals surface area contributed by atoms with Gasteiger partial charge in [0.15, 0.2) is 0 Å². The van der Waals surface area contributed by atoms with Crippen molar-refractivity contribution in [2.75, 3.05) is 25.0 Å². The molecule has 1 aliphatic heterocycles. The third-order valence-electron chi connectivity index (χ3n) is 4.45. The first kappa shape index (κ1) is 20.6. The lowest BCUT2D eigenvalue weighted by Crippen LogP contribution is -2.38. The zero-order valence-corrected chi connectivity index (χ0v) is 16.3. The monoisotopic (exact) mass is 397 g/mol. The predicted octanol–water partition coefficient (Wildman–Crippen LogP) is 2.50. The summed E-state index contributed by atoms with van der Waals surface area (Å²) in [5, 5.41) is 7.35. The van der Waals surface area contributed by atoms with Gasteiger partial charge >= 0.3 is 0 Å². The van der Waals surface area contributed by atoms with E-state index in [1.807, 2.05) is 12.1 Å². The van der Waals surface area contributed by atoms with E-state index in [4.69, 9.17) is 0 Å². The molecule has 142 valence electrons. The summed E-state index contributed by atoms with van der Waals surface area (Å²) in [6.07, 6.45) is 2.10. The second-order valence-electron chi connectivity index (χ2n) is 6.40. The van der Waals surface area contributed by atoms with Crippen LogP contribution in [0.25, 0.3) is 10.8 Å². The van der Waals surface area contributed by atoms with E-state index in [2.05, 4.69) is 15.4 Å². The Morgan fingerprint density at radius 3 is 2.58 bits per heavy atom. The summed E-state index contributed by atoms with van der Waals surface area (Å²) in [7, 11) is -3.62. The van der Waals surface area contributed by atoms with Crippen LogP contribution in [0.1, 0.15) is 19.8 Å². The normalized spacial score (nSPS) is 17.5. The Bertz CT molecular complexity index is 880. The van der Waals surface area contributed by atoms with Crippen LogP contribution in [0.4, 0.5) is 5.69 Å². The van der Waals surface area contributed by atoms with E-state index in [0.29, 0.717) is 28.9 Å². The number of fused-ring (bicyclic) bond motifs is 1. The van der Waals surface area contributed by atoms with Crippen LogP contribution in [0.5, 0.6) is 0 Å². The molecule has 0 bridgehead atoms. The van der Waals surface area contributed by atoms with Crippen molar-refractivity contribution < 1.29 is 13.2 Å². The van der Waals surface area contributed by atoms with Gasteiger partial charge in [0.2, 0.25) is 15.9 Å². The number of sulfonamides is 1. The van der Waals surface area contributed by atoms with Crippen LogP contribution < -0.4 is 15.4 Å². The van der Waals surface area contributed by atoms with Gasteiger partial charge in [0.05, 0.1) is 4.90 Å². The molecular formula is C18H24ClN3O3S. The fourth-order valence-corrected chi connectivity index (χ4v) is 4.53. The molecular weight excluding hydrogens is 374 g/mol. The fourth-order valence-electron chi connectivity index (χ4n) is 3.21. The average Bonchev–Trinajstić information content (AvgIpc) is 2.61. The number of carbonyl (C=O) groups excluding carboxylic acids is 1. The lowest BCUT2D eigenvalue weighted by Gasteiger charge is -2.23. The molecule has 0 radical (unpaired) electrons. The third-order valence-corrected chi connectivity index (χ3v) is 5.93. The summed E-state index contributed by atoms with van der Waals surface area (Å²) in [6, 6.07) is 10.4. The molecule has 1 aliphatic rings. The Balaban J connectivity index is 0.00000243. The predicted molar refractivity (Wildman–Crippen MR) is 106 cm³/mol. The van der Waals surface area contributed by atoms with Gasteiger partial charge in [0.25, 0.3) is 0 Å². The van der Waals surface area contributed by atoms with Crippen molar-refractivity contribution in [3.63, 3.8) is 0 Å². The standard InChI is InChI=1S/C18H23N3O3S.ClH/c1-13(22)21-17-8-9-18(16-7-3-2-6-15(16)17)25(23,24)20-12-14-5-4-10-19-11-14;/h2-3,6-9,14,19-20H,4-5,10-12H2,1H3,(H,21,22);1H. The maximum absolute atomic E-state index is 12.8. The highest BCUT2D eigenvalue weighted by molar-refractivity contribution is 7.89. The first-order valence-corrected chi connectivity index (χ1v) is 9.95. The minimum Gasteiger partial charge on any atom is -0.326 e. The Kier molecular flexibility index (Phi) is 7.00. The third kappa shape index (κ3) is 4.73. The number of hydrogen-bond donors (Lipinski definition) is 3. The lowest BCUT2D eigenvalue weighted by atomic mass is 10.0. The van der Waals surface area contributed by atoms with E-state index in [1.54, 1.807) is 24.3 Å². The van der Waals surface area contributed by atoms with Crippen molar-refractivity contribution in [3.8, 4) is 0 Å². The number of hydrogen-bond acceptors (Lipinski definition) is 4. The van der Waals surface area contributed by atoms with Crippen molar-refractivity contribution in [1.29, 1.82) is 0 Å². The second-order valence-corrected chi connectivity index (χ2v) is 8.14. The van der Waals surface area contributed by atoms with Crippen molar-refractivity contribution >= 4 is 44.8 Å². The summed E-state index contributed by atoms with van der Waals surface area (Å²) in [4.78, 5) is 11.6. The summed E-state index contributed by atoms with van der Waals surface area (Å²) in [5.74, 6) is 0.122. The number of piperidine rings is 1. The molecule has 0 spiro atoms. The van der Waals surface area contributed by atoms with E-state index in [-0.39, 0.29) is 23.2 Å². The minimum atomic E-state index is -3.62. The first-order chi connectivity index (χ1) is 12.0. The Morgan fingerprint density at radius 1 is 1.19 bits per heavy atom. The van der Waals surface area contributed by atoms with Crippen LogP contribution >= 0.6 is 12.4 Å². The van der Waals surface area contributed by atoms with Crippen LogP contribution in [-0.2, 0) is 14.8 Å². The van der Waals surface area contributed by atoms with Gasteiger partial charge in [-0.15, -0.1) is 12.4 Å². The van der Waals surface area contributed by atoms with Crippen LogP contribution in [0.15, 0.2) is 41.3 Å². The second kappa shape index (κ2) is 8.81. The average molecular weight is 398 g/mol. The molecule has 8 heteroatoms. The zero-order chi connectivity index (χ0) is 17.9. The van der Waals surface area contributed by atoms with Crippen LogP contribution in [-0.4, -0.2) is 34.0 Å². The van der Waals surface area contributed by atoms with Crippen molar-refractivity contribution in [1.82, 2.24) is 10.0 Å². The molecule has 6 nitrogen and oxygen atoms in total. The largest absolute Gasteiger partial charge is 0.326 e. The molecule has 1 heterocycles. The molecule has 0 aliphatic carbocycles. The van der Waals surface area contributed by atoms with Crippen LogP contribution in [0.3, 0.4) is 0 Å². The van der Waals surface area contributed by atoms with E-state index in [9.17, 15) is 13.2 Å². The van der Waals surface area contributed by atoms with Gasteiger partial charge in [-0.05, 0) is 44.0 Å². The van der Waals surface area contributed by atoms with E-state index in [0.717, 1.165) is 25.9 Å². The summed E-state index contributed by atoms with van der Waals surface area (Å²) >= 11 is 0. The zero-order valence-electron chi connectivity index (χ0n) is 14.6. The smallest absolute Gasteiger partial charge is 0.241 e. The number of halogens is 1. The van der Waals surface area contributed by atoms with Gasteiger partial charge in [-0.1, -0.05) is 24.3 Å². The fraction of sp³-hybridized carbons (Fsp3) is 0.389. The van der Waals surface area contributed by atoms with Gasteiger partial charge in [0.1, 0.15) is 0 Å². The number of rotatable bonds is 5. The van der Waals surface area contributed by atoms with Gasteiger partial charge in [-0.2, -0.15) is 0 Å². The number of anilines is 1. The van der Waals surface area contributed by atoms with Crippen molar-refractivity contribution in [2.24, 2.45) is 5.92 Å². The van der Waals surface area contributed by atoms with Gasteiger partial charge in [-0.3, -0.25) is 4.79 Å². The van der Waals surface area contributed by atoms with E-state index < -0.39 is 10.0 Å². The molecule has 26 heavy (non-hydrogen) atoms. The number of benzene rings is 2. The van der Waals surface area contributed by atoms with Crippen molar-refractivity contribution in [2.45, 2.75) is 24.7 Å². The highest BCUT2D eigenvalue weighted by Crippen LogP contribution is 2.29. The Hall–Kier alpha value is -1.67. The molecule has 1 unspecified atom stereocenters.